The van der Waals surface area contributed by atoms with Gasteiger partial charge < -0.3 is 5.32 Å². The zero-order valence-corrected chi connectivity index (χ0v) is 9.68. The number of pyridine rings is 1. The van der Waals surface area contributed by atoms with Crippen molar-refractivity contribution in [3.63, 3.8) is 0 Å². The average Bonchev–Trinajstić information content (AvgIpc) is 2.39. The first-order chi connectivity index (χ1) is 8.63. The summed E-state index contributed by atoms with van der Waals surface area (Å²) in [6.45, 7) is 0. The van der Waals surface area contributed by atoms with Crippen molar-refractivity contribution in [2.45, 2.75) is 0 Å². The average molecular weight is 246 g/mol. The van der Waals surface area contributed by atoms with E-state index in [1.165, 1.54) is 48.1 Å². The maximum atomic E-state index is 12.8. The predicted octanol–water partition coefficient (Wildman–Crippen LogP) is 1.34. The SMILES string of the molecule is CNC(=O)c1cccn(-c2ccc(F)cc2)c1=O. The third-order valence-electron chi connectivity index (χ3n) is 2.52. The highest BCUT2D eigenvalue weighted by molar-refractivity contribution is 5.93. The maximum Gasteiger partial charge on any atom is 0.267 e. The number of aromatic nitrogens is 1. The Morgan fingerprint density at radius 3 is 2.50 bits per heavy atom. The van der Waals surface area contributed by atoms with Gasteiger partial charge in [0.15, 0.2) is 0 Å². The van der Waals surface area contributed by atoms with Crippen molar-refractivity contribution in [2.75, 3.05) is 7.05 Å². The van der Waals surface area contributed by atoms with E-state index in [2.05, 4.69) is 5.32 Å². The minimum absolute atomic E-state index is 0.0457. The Morgan fingerprint density at radius 1 is 1.22 bits per heavy atom. The first kappa shape index (κ1) is 12.0. The molecule has 1 N–H and O–H groups in total. The molecule has 1 aromatic heterocycles. The molecule has 5 heteroatoms. The number of halogens is 1. The maximum absolute atomic E-state index is 12.8. The summed E-state index contributed by atoms with van der Waals surface area (Å²) in [6, 6.07) is 8.51. The van der Waals surface area contributed by atoms with Crippen LogP contribution in [0, 0.1) is 5.82 Å². The summed E-state index contributed by atoms with van der Waals surface area (Å²) in [5.41, 5.74) is 0.111. The van der Waals surface area contributed by atoms with Crippen molar-refractivity contribution in [3.05, 3.63) is 64.3 Å². The van der Waals surface area contributed by atoms with Crippen LogP contribution in [0.1, 0.15) is 10.4 Å². The monoisotopic (exact) mass is 246 g/mol. The lowest BCUT2D eigenvalue weighted by molar-refractivity contribution is 0.0961. The fraction of sp³-hybridized carbons (Fsp3) is 0.0769. The van der Waals surface area contributed by atoms with Crippen molar-refractivity contribution in [1.82, 2.24) is 9.88 Å². The fourth-order valence-electron chi connectivity index (χ4n) is 1.61. The summed E-state index contributed by atoms with van der Waals surface area (Å²) in [7, 11) is 1.46. The van der Waals surface area contributed by atoms with Gasteiger partial charge in [0, 0.05) is 18.9 Å². The highest BCUT2D eigenvalue weighted by Gasteiger charge is 2.10. The van der Waals surface area contributed by atoms with E-state index in [0.717, 1.165) is 0 Å². The molecule has 1 amide bonds. The van der Waals surface area contributed by atoms with Crippen LogP contribution in [0.5, 0.6) is 0 Å². The van der Waals surface area contributed by atoms with Gasteiger partial charge in [-0.3, -0.25) is 14.2 Å². The normalized spacial score (nSPS) is 10.1. The largest absolute Gasteiger partial charge is 0.355 e. The molecule has 4 nitrogen and oxygen atoms in total. The molecule has 0 atom stereocenters. The zero-order chi connectivity index (χ0) is 13.1. The highest BCUT2D eigenvalue weighted by Crippen LogP contribution is 2.07. The Bertz CT molecular complexity index is 632. The molecule has 92 valence electrons. The molecule has 0 spiro atoms. The molecule has 0 aliphatic heterocycles. The number of carbonyl (C=O) groups is 1. The van der Waals surface area contributed by atoms with E-state index >= 15 is 0 Å². The number of hydrogen-bond donors (Lipinski definition) is 1. The number of rotatable bonds is 2. The molecular formula is C13H11FN2O2. The van der Waals surface area contributed by atoms with Crippen molar-refractivity contribution in [3.8, 4) is 5.69 Å². The molecule has 2 aromatic rings. The predicted molar refractivity (Wildman–Crippen MR) is 65.4 cm³/mol. The number of amides is 1. The summed E-state index contributed by atoms with van der Waals surface area (Å²) in [4.78, 5) is 23.6. The van der Waals surface area contributed by atoms with Crippen LogP contribution in [0.4, 0.5) is 4.39 Å². The zero-order valence-electron chi connectivity index (χ0n) is 9.68. The van der Waals surface area contributed by atoms with Crippen molar-refractivity contribution >= 4 is 5.91 Å². The van der Waals surface area contributed by atoms with E-state index in [0.29, 0.717) is 5.69 Å². The number of carbonyl (C=O) groups excluding carboxylic acids is 1. The van der Waals surface area contributed by atoms with Crippen LogP contribution in [0.25, 0.3) is 5.69 Å². The third kappa shape index (κ3) is 2.15. The molecule has 2 rings (SSSR count). The molecule has 0 saturated heterocycles. The molecule has 0 bridgehead atoms. The van der Waals surface area contributed by atoms with E-state index in [4.69, 9.17) is 0 Å². The van der Waals surface area contributed by atoms with Gasteiger partial charge in [-0.1, -0.05) is 0 Å². The van der Waals surface area contributed by atoms with Crippen LogP contribution >= 0.6 is 0 Å². The Balaban J connectivity index is 2.56. The lowest BCUT2D eigenvalue weighted by Gasteiger charge is -2.07. The molecular weight excluding hydrogens is 235 g/mol. The van der Waals surface area contributed by atoms with E-state index in [9.17, 15) is 14.0 Å². The first-order valence-corrected chi connectivity index (χ1v) is 5.33. The minimum atomic E-state index is -0.448. The molecule has 1 heterocycles. The Hall–Kier alpha value is -2.43. The second-order valence-corrected chi connectivity index (χ2v) is 3.65. The topological polar surface area (TPSA) is 51.1 Å². The van der Waals surface area contributed by atoms with E-state index in [1.807, 2.05) is 0 Å². The van der Waals surface area contributed by atoms with Crippen LogP contribution in [0.3, 0.4) is 0 Å². The summed E-state index contributed by atoms with van der Waals surface area (Å²) in [5, 5.41) is 2.40. The number of benzene rings is 1. The lowest BCUT2D eigenvalue weighted by Crippen LogP contribution is -2.30. The summed E-state index contributed by atoms with van der Waals surface area (Å²) < 4.78 is 14.1. The summed E-state index contributed by atoms with van der Waals surface area (Å²) >= 11 is 0. The fourth-order valence-corrected chi connectivity index (χ4v) is 1.61. The van der Waals surface area contributed by atoms with Crippen molar-refractivity contribution < 1.29 is 9.18 Å². The Morgan fingerprint density at radius 2 is 1.89 bits per heavy atom. The van der Waals surface area contributed by atoms with Crippen molar-refractivity contribution in [1.29, 1.82) is 0 Å². The summed E-state index contributed by atoms with van der Waals surface area (Å²) in [6.07, 6.45) is 1.53. The van der Waals surface area contributed by atoms with Crippen LogP contribution in [0.2, 0.25) is 0 Å². The second kappa shape index (κ2) is 4.83. The van der Waals surface area contributed by atoms with Gasteiger partial charge in [-0.15, -0.1) is 0 Å². The van der Waals surface area contributed by atoms with Gasteiger partial charge in [0.25, 0.3) is 11.5 Å². The number of hydrogen-bond acceptors (Lipinski definition) is 2. The van der Waals surface area contributed by atoms with E-state index < -0.39 is 11.5 Å². The molecule has 1 aromatic carbocycles. The highest BCUT2D eigenvalue weighted by atomic mass is 19.1. The quantitative estimate of drug-likeness (QED) is 0.869. The summed E-state index contributed by atoms with van der Waals surface area (Å²) in [5.74, 6) is -0.828. The van der Waals surface area contributed by atoms with Crippen LogP contribution in [0.15, 0.2) is 47.4 Å². The van der Waals surface area contributed by atoms with Crippen LogP contribution < -0.4 is 10.9 Å². The number of nitrogens with one attached hydrogen (secondary N) is 1. The van der Waals surface area contributed by atoms with Gasteiger partial charge in [-0.25, -0.2) is 4.39 Å². The minimum Gasteiger partial charge on any atom is -0.355 e. The Labute approximate surface area is 103 Å². The standard InChI is InChI=1S/C13H11FN2O2/c1-15-12(17)11-3-2-8-16(13(11)18)10-6-4-9(14)5-7-10/h2-8H,1H3,(H,15,17). The molecule has 0 saturated carbocycles. The van der Waals surface area contributed by atoms with Gasteiger partial charge in [0.2, 0.25) is 0 Å². The van der Waals surface area contributed by atoms with Gasteiger partial charge >= 0.3 is 0 Å². The van der Waals surface area contributed by atoms with Gasteiger partial charge in [0.1, 0.15) is 11.4 Å². The number of nitrogens with zero attached hydrogens (tertiary/aromatic N) is 1. The van der Waals surface area contributed by atoms with Gasteiger partial charge in [-0.2, -0.15) is 0 Å². The molecule has 0 aliphatic carbocycles. The van der Waals surface area contributed by atoms with E-state index in [-0.39, 0.29) is 11.4 Å². The second-order valence-electron chi connectivity index (χ2n) is 3.65. The first-order valence-electron chi connectivity index (χ1n) is 5.33. The molecule has 0 aliphatic rings. The molecule has 0 radical (unpaired) electrons. The van der Waals surface area contributed by atoms with Crippen LogP contribution in [-0.4, -0.2) is 17.5 Å². The van der Waals surface area contributed by atoms with E-state index in [1.54, 1.807) is 6.07 Å². The molecule has 18 heavy (non-hydrogen) atoms. The smallest absolute Gasteiger partial charge is 0.267 e. The van der Waals surface area contributed by atoms with Crippen molar-refractivity contribution in [2.24, 2.45) is 0 Å². The van der Waals surface area contributed by atoms with Gasteiger partial charge in [0.05, 0.1) is 0 Å². The lowest BCUT2D eigenvalue weighted by atomic mass is 10.2. The third-order valence-corrected chi connectivity index (χ3v) is 2.52. The Kier molecular flexibility index (Phi) is 3.23. The van der Waals surface area contributed by atoms with Crippen LogP contribution in [-0.2, 0) is 0 Å². The molecule has 0 unspecified atom stereocenters. The van der Waals surface area contributed by atoms with Gasteiger partial charge in [-0.05, 0) is 36.4 Å². The molecule has 0 fully saturated rings.